The number of imidazole rings is 1. The molecule has 1 N–H and O–H groups in total. The number of carbonyl (C=O) groups is 1. The normalized spacial score (nSPS) is 10.6. The van der Waals surface area contributed by atoms with E-state index in [2.05, 4.69) is 15.3 Å². The van der Waals surface area contributed by atoms with Gasteiger partial charge >= 0.3 is 12.0 Å². The number of hydrogen-bond donors (Lipinski definition) is 1. The molecule has 0 fully saturated rings. The van der Waals surface area contributed by atoms with Crippen LogP contribution in [0.2, 0.25) is 0 Å². The highest BCUT2D eigenvalue weighted by Gasteiger charge is 2.17. The van der Waals surface area contributed by atoms with Crippen LogP contribution in [0, 0.1) is 0 Å². The van der Waals surface area contributed by atoms with E-state index in [0.29, 0.717) is 24.3 Å². The van der Waals surface area contributed by atoms with Crippen molar-refractivity contribution < 1.29 is 14.3 Å². The molecule has 2 aromatic rings. The van der Waals surface area contributed by atoms with Gasteiger partial charge < -0.3 is 14.8 Å². The largest absolute Gasteiger partial charge is 0.468 e. The number of pyridine rings is 1. The number of amides is 1. The second-order valence-corrected chi connectivity index (χ2v) is 3.50. The molecule has 0 saturated carbocycles. The van der Waals surface area contributed by atoms with Crippen molar-refractivity contribution in [3.63, 3.8) is 0 Å². The molecule has 0 bridgehead atoms. The second-order valence-electron chi connectivity index (χ2n) is 3.50. The molecule has 0 aliphatic carbocycles. The summed E-state index contributed by atoms with van der Waals surface area (Å²) in [5.74, 6) is 0. The summed E-state index contributed by atoms with van der Waals surface area (Å²) in [7, 11) is 3.03. The van der Waals surface area contributed by atoms with Crippen LogP contribution in [0.1, 0.15) is 0 Å². The summed E-state index contributed by atoms with van der Waals surface area (Å²) < 4.78 is 11.3. The average molecular weight is 250 g/mol. The zero-order chi connectivity index (χ0) is 13.0. The minimum atomic E-state index is -0.320. The van der Waals surface area contributed by atoms with Crippen LogP contribution in [0.15, 0.2) is 18.3 Å². The van der Waals surface area contributed by atoms with Crippen molar-refractivity contribution in [3.8, 4) is 6.01 Å². The van der Waals surface area contributed by atoms with Gasteiger partial charge in [-0.3, -0.25) is 0 Å². The van der Waals surface area contributed by atoms with E-state index in [-0.39, 0.29) is 12.0 Å². The van der Waals surface area contributed by atoms with Crippen molar-refractivity contribution in [1.29, 1.82) is 0 Å². The number of rotatable bonds is 4. The summed E-state index contributed by atoms with van der Waals surface area (Å²) in [5, 5.41) is 2.70. The van der Waals surface area contributed by atoms with Gasteiger partial charge in [0.05, 0.1) is 13.7 Å². The molecule has 0 spiro atoms. The standard InChI is InChI=1S/C11H14N4O3/c1-17-7-6-13-10(16)15-8-4-3-5-12-9(8)14-11(15)18-2/h3-5H,6-7H2,1-2H3,(H,13,16). The molecule has 0 saturated heterocycles. The zero-order valence-electron chi connectivity index (χ0n) is 10.2. The molecular formula is C11H14N4O3. The van der Waals surface area contributed by atoms with Gasteiger partial charge in [0.25, 0.3) is 0 Å². The van der Waals surface area contributed by atoms with E-state index in [1.165, 1.54) is 11.7 Å². The first-order chi connectivity index (χ1) is 8.77. The molecule has 1 amide bonds. The van der Waals surface area contributed by atoms with Gasteiger partial charge in [0, 0.05) is 19.9 Å². The van der Waals surface area contributed by atoms with E-state index >= 15 is 0 Å². The molecule has 0 aromatic carbocycles. The zero-order valence-corrected chi connectivity index (χ0v) is 10.2. The van der Waals surface area contributed by atoms with E-state index < -0.39 is 0 Å². The Bertz CT molecular complexity index is 552. The Morgan fingerprint density at radius 1 is 1.50 bits per heavy atom. The predicted molar refractivity (Wildman–Crippen MR) is 64.8 cm³/mol. The fourth-order valence-electron chi connectivity index (χ4n) is 1.57. The fraction of sp³-hybridized carbons (Fsp3) is 0.364. The highest BCUT2D eigenvalue weighted by atomic mass is 16.5. The number of ether oxygens (including phenoxy) is 2. The van der Waals surface area contributed by atoms with E-state index in [1.54, 1.807) is 25.4 Å². The van der Waals surface area contributed by atoms with Crippen LogP contribution in [0.4, 0.5) is 4.79 Å². The van der Waals surface area contributed by atoms with Crippen molar-refractivity contribution in [2.45, 2.75) is 0 Å². The summed E-state index contributed by atoms with van der Waals surface area (Å²) in [6.45, 7) is 0.858. The Kier molecular flexibility index (Phi) is 3.73. The number of nitrogens with one attached hydrogen (secondary N) is 1. The number of methoxy groups -OCH3 is 2. The third-order valence-electron chi connectivity index (χ3n) is 2.37. The molecule has 96 valence electrons. The molecule has 0 radical (unpaired) electrons. The van der Waals surface area contributed by atoms with Gasteiger partial charge in [-0.2, -0.15) is 4.98 Å². The minimum Gasteiger partial charge on any atom is -0.468 e. The smallest absolute Gasteiger partial charge is 0.330 e. The number of hydrogen-bond acceptors (Lipinski definition) is 5. The SMILES string of the molecule is COCCNC(=O)n1c(OC)nc2ncccc21. The van der Waals surface area contributed by atoms with E-state index in [1.807, 2.05) is 0 Å². The predicted octanol–water partition coefficient (Wildman–Crippen LogP) is 0.644. The monoisotopic (exact) mass is 250 g/mol. The van der Waals surface area contributed by atoms with Crippen LogP contribution in [0.3, 0.4) is 0 Å². The summed E-state index contributed by atoms with van der Waals surface area (Å²) in [6.07, 6.45) is 1.61. The first-order valence-corrected chi connectivity index (χ1v) is 5.42. The van der Waals surface area contributed by atoms with Crippen LogP contribution >= 0.6 is 0 Å². The van der Waals surface area contributed by atoms with Gasteiger partial charge in [0.1, 0.15) is 5.52 Å². The van der Waals surface area contributed by atoms with Crippen LogP contribution < -0.4 is 10.1 Å². The molecule has 0 aliphatic heterocycles. The van der Waals surface area contributed by atoms with Crippen molar-refractivity contribution in [3.05, 3.63) is 18.3 Å². The topological polar surface area (TPSA) is 78.3 Å². The van der Waals surface area contributed by atoms with E-state index in [9.17, 15) is 4.79 Å². The molecule has 7 heteroatoms. The molecule has 7 nitrogen and oxygen atoms in total. The second kappa shape index (κ2) is 5.46. The van der Waals surface area contributed by atoms with E-state index in [4.69, 9.17) is 9.47 Å². The summed E-state index contributed by atoms with van der Waals surface area (Å²) in [6, 6.07) is 3.38. The van der Waals surface area contributed by atoms with Crippen molar-refractivity contribution in [1.82, 2.24) is 19.9 Å². The van der Waals surface area contributed by atoms with Gasteiger partial charge in [0.2, 0.25) is 0 Å². The van der Waals surface area contributed by atoms with Gasteiger partial charge in [-0.25, -0.2) is 14.3 Å². The summed E-state index contributed by atoms with van der Waals surface area (Å²) in [5.41, 5.74) is 1.07. The summed E-state index contributed by atoms with van der Waals surface area (Å²) in [4.78, 5) is 20.2. The maximum atomic E-state index is 12.0. The maximum absolute atomic E-state index is 12.0. The van der Waals surface area contributed by atoms with Crippen LogP contribution in [-0.4, -0.2) is 47.9 Å². The lowest BCUT2D eigenvalue weighted by Gasteiger charge is -2.07. The third kappa shape index (κ3) is 2.25. The maximum Gasteiger partial charge on any atom is 0.330 e. The van der Waals surface area contributed by atoms with Crippen LogP contribution in [0.25, 0.3) is 11.2 Å². The lowest BCUT2D eigenvalue weighted by Crippen LogP contribution is -2.31. The van der Waals surface area contributed by atoms with Gasteiger partial charge in [0.15, 0.2) is 5.65 Å². The molecule has 0 unspecified atom stereocenters. The third-order valence-corrected chi connectivity index (χ3v) is 2.37. The van der Waals surface area contributed by atoms with Crippen molar-refractivity contribution in [2.75, 3.05) is 27.4 Å². The number of nitrogens with zero attached hydrogens (tertiary/aromatic N) is 3. The lowest BCUT2D eigenvalue weighted by atomic mass is 10.4. The molecule has 18 heavy (non-hydrogen) atoms. The Labute approximate surface area is 104 Å². The highest BCUT2D eigenvalue weighted by molar-refractivity contribution is 5.89. The number of aromatic nitrogens is 3. The molecule has 0 aliphatic rings. The fourth-order valence-corrected chi connectivity index (χ4v) is 1.57. The first-order valence-electron chi connectivity index (χ1n) is 5.42. The van der Waals surface area contributed by atoms with Gasteiger partial charge in [-0.15, -0.1) is 0 Å². The van der Waals surface area contributed by atoms with Gasteiger partial charge in [-0.05, 0) is 12.1 Å². The lowest BCUT2D eigenvalue weighted by molar-refractivity contribution is 0.195. The summed E-state index contributed by atoms with van der Waals surface area (Å²) >= 11 is 0. The molecule has 2 aromatic heterocycles. The Hall–Kier alpha value is -2.15. The Morgan fingerprint density at radius 3 is 3.06 bits per heavy atom. The van der Waals surface area contributed by atoms with E-state index in [0.717, 1.165) is 0 Å². The van der Waals surface area contributed by atoms with Crippen LogP contribution in [-0.2, 0) is 4.74 Å². The Balaban J connectivity index is 2.32. The van der Waals surface area contributed by atoms with Crippen LogP contribution in [0.5, 0.6) is 6.01 Å². The number of fused-ring (bicyclic) bond motifs is 1. The minimum absolute atomic E-state index is 0.207. The first kappa shape index (κ1) is 12.3. The molecule has 2 rings (SSSR count). The molecule has 0 atom stereocenters. The number of carbonyl (C=O) groups excluding carboxylic acids is 1. The van der Waals surface area contributed by atoms with Crippen molar-refractivity contribution in [2.24, 2.45) is 0 Å². The molecular weight excluding hydrogens is 236 g/mol. The average Bonchev–Trinajstić information content (AvgIpc) is 2.77. The quantitative estimate of drug-likeness (QED) is 0.806. The molecule has 2 heterocycles. The highest BCUT2D eigenvalue weighted by Crippen LogP contribution is 2.18. The van der Waals surface area contributed by atoms with Gasteiger partial charge in [-0.1, -0.05) is 0 Å². The Morgan fingerprint density at radius 2 is 2.33 bits per heavy atom. The van der Waals surface area contributed by atoms with Crippen molar-refractivity contribution >= 4 is 17.2 Å².